The van der Waals surface area contributed by atoms with E-state index in [4.69, 9.17) is 14.1 Å². The lowest BCUT2D eigenvalue weighted by Gasteiger charge is -2.07. The van der Waals surface area contributed by atoms with Crippen LogP contribution in [0.5, 0.6) is 11.5 Å². The molecule has 0 unspecified atom stereocenters. The van der Waals surface area contributed by atoms with Crippen LogP contribution in [0.15, 0.2) is 53.2 Å². The predicted octanol–water partition coefficient (Wildman–Crippen LogP) is 3.79. The number of hydrogen-bond donors (Lipinski definition) is 1. The van der Waals surface area contributed by atoms with Gasteiger partial charge in [-0.2, -0.15) is 0 Å². The molecule has 1 heterocycles. The molecule has 1 amide bonds. The number of ether oxygens (including phenoxy) is 2. The highest BCUT2D eigenvalue weighted by molar-refractivity contribution is 6.05. The Morgan fingerprint density at radius 2 is 1.92 bits per heavy atom. The lowest BCUT2D eigenvalue weighted by molar-refractivity contribution is 0.102. The molecule has 0 aliphatic heterocycles. The van der Waals surface area contributed by atoms with Gasteiger partial charge in [0, 0.05) is 11.1 Å². The average Bonchev–Trinajstić information content (AvgIpc) is 3.14. The van der Waals surface area contributed by atoms with Gasteiger partial charge >= 0.3 is 0 Å². The zero-order valence-electron chi connectivity index (χ0n) is 14.6. The fraction of sp³-hybridized carbons (Fsp3) is 0.211. The Balaban J connectivity index is 1.77. The molecule has 7 heteroatoms. The Bertz CT molecular complexity index is 875. The molecule has 0 saturated carbocycles. The smallest absolute Gasteiger partial charge is 0.257 e. The summed E-state index contributed by atoms with van der Waals surface area (Å²) in [6.07, 6.45) is 0.895. The number of rotatable bonds is 7. The molecule has 1 aromatic heterocycles. The summed E-state index contributed by atoms with van der Waals surface area (Å²) < 4.78 is 15.5. The van der Waals surface area contributed by atoms with Crippen molar-refractivity contribution in [3.8, 4) is 22.8 Å². The van der Waals surface area contributed by atoms with Crippen LogP contribution in [-0.4, -0.2) is 29.9 Å². The van der Waals surface area contributed by atoms with E-state index in [9.17, 15) is 4.79 Å². The van der Waals surface area contributed by atoms with E-state index < -0.39 is 0 Å². The van der Waals surface area contributed by atoms with Crippen LogP contribution < -0.4 is 14.8 Å². The molecule has 7 nitrogen and oxygen atoms in total. The van der Waals surface area contributed by atoms with Gasteiger partial charge in [0.25, 0.3) is 5.91 Å². The van der Waals surface area contributed by atoms with E-state index >= 15 is 0 Å². The van der Waals surface area contributed by atoms with Crippen LogP contribution in [0.25, 0.3) is 11.3 Å². The molecular formula is C19H19N3O4. The van der Waals surface area contributed by atoms with Crippen molar-refractivity contribution in [1.29, 1.82) is 0 Å². The maximum atomic E-state index is 12.5. The fourth-order valence-electron chi connectivity index (χ4n) is 2.34. The molecular weight excluding hydrogens is 334 g/mol. The van der Waals surface area contributed by atoms with Gasteiger partial charge < -0.3 is 14.8 Å². The SMILES string of the molecule is CCCOc1cccc(C(=O)Nc2nonc2-c2ccc(OC)cc2)c1. The van der Waals surface area contributed by atoms with Crippen molar-refractivity contribution in [3.63, 3.8) is 0 Å². The van der Waals surface area contributed by atoms with Crippen molar-refractivity contribution >= 4 is 11.7 Å². The first-order chi connectivity index (χ1) is 12.7. The van der Waals surface area contributed by atoms with Crippen LogP contribution >= 0.6 is 0 Å². The lowest BCUT2D eigenvalue weighted by Crippen LogP contribution is -2.13. The van der Waals surface area contributed by atoms with E-state index in [1.807, 2.05) is 25.1 Å². The maximum Gasteiger partial charge on any atom is 0.257 e. The summed E-state index contributed by atoms with van der Waals surface area (Å²) in [5.74, 6) is 1.30. The molecule has 0 fully saturated rings. The summed E-state index contributed by atoms with van der Waals surface area (Å²) in [4.78, 5) is 12.5. The monoisotopic (exact) mass is 353 g/mol. The number of nitrogens with one attached hydrogen (secondary N) is 1. The van der Waals surface area contributed by atoms with Crippen molar-refractivity contribution in [1.82, 2.24) is 10.3 Å². The zero-order chi connectivity index (χ0) is 18.4. The Hall–Kier alpha value is -3.35. The van der Waals surface area contributed by atoms with Gasteiger partial charge in [0.15, 0.2) is 5.69 Å². The van der Waals surface area contributed by atoms with Gasteiger partial charge in [-0.05, 0) is 59.2 Å². The van der Waals surface area contributed by atoms with E-state index in [0.717, 1.165) is 17.7 Å². The van der Waals surface area contributed by atoms with E-state index in [0.29, 0.717) is 23.6 Å². The molecule has 0 aliphatic rings. The number of carbonyl (C=O) groups excluding carboxylic acids is 1. The van der Waals surface area contributed by atoms with Gasteiger partial charge in [-0.15, -0.1) is 0 Å². The normalized spacial score (nSPS) is 10.4. The lowest BCUT2D eigenvalue weighted by atomic mass is 10.1. The molecule has 0 aliphatic carbocycles. The van der Waals surface area contributed by atoms with Crippen LogP contribution in [-0.2, 0) is 0 Å². The summed E-state index contributed by atoms with van der Waals surface area (Å²) >= 11 is 0. The minimum absolute atomic E-state index is 0.250. The third-order valence-corrected chi connectivity index (χ3v) is 3.65. The zero-order valence-corrected chi connectivity index (χ0v) is 14.6. The fourth-order valence-corrected chi connectivity index (χ4v) is 2.34. The topological polar surface area (TPSA) is 86.5 Å². The van der Waals surface area contributed by atoms with Gasteiger partial charge in [-0.3, -0.25) is 4.79 Å². The van der Waals surface area contributed by atoms with Gasteiger partial charge in [0.05, 0.1) is 13.7 Å². The summed E-state index contributed by atoms with van der Waals surface area (Å²) in [7, 11) is 1.59. The minimum atomic E-state index is -0.322. The van der Waals surface area contributed by atoms with Gasteiger partial charge in [-0.25, -0.2) is 4.63 Å². The number of methoxy groups -OCH3 is 1. The molecule has 0 saturated heterocycles. The van der Waals surface area contributed by atoms with Crippen LogP contribution in [0, 0.1) is 0 Å². The number of hydrogen-bond acceptors (Lipinski definition) is 6. The van der Waals surface area contributed by atoms with E-state index in [-0.39, 0.29) is 11.7 Å². The second kappa shape index (κ2) is 8.15. The molecule has 2 aromatic carbocycles. The molecule has 1 N–H and O–H groups in total. The van der Waals surface area contributed by atoms with E-state index in [1.165, 1.54) is 0 Å². The third-order valence-electron chi connectivity index (χ3n) is 3.65. The molecule has 3 rings (SSSR count). The van der Waals surface area contributed by atoms with Crippen molar-refractivity contribution < 1.29 is 18.9 Å². The number of aromatic nitrogens is 2. The predicted molar refractivity (Wildman–Crippen MR) is 96.5 cm³/mol. The largest absolute Gasteiger partial charge is 0.497 e. The van der Waals surface area contributed by atoms with E-state index in [1.54, 1.807) is 37.4 Å². The third kappa shape index (κ3) is 4.00. The Kier molecular flexibility index (Phi) is 5.48. The van der Waals surface area contributed by atoms with Crippen molar-refractivity contribution in [2.24, 2.45) is 0 Å². The van der Waals surface area contributed by atoms with Gasteiger partial charge in [-0.1, -0.05) is 13.0 Å². The number of nitrogens with zero attached hydrogens (tertiary/aromatic N) is 2. The summed E-state index contributed by atoms with van der Waals surface area (Å²) in [5.41, 5.74) is 1.66. The van der Waals surface area contributed by atoms with Gasteiger partial charge in [0.2, 0.25) is 5.82 Å². The highest BCUT2D eigenvalue weighted by Gasteiger charge is 2.16. The van der Waals surface area contributed by atoms with Crippen LogP contribution in [0.4, 0.5) is 5.82 Å². The Morgan fingerprint density at radius 1 is 1.12 bits per heavy atom. The van der Waals surface area contributed by atoms with Crippen molar-refractivity contribution in [2.45, 2.75) is 13.3 Å². The molecule has 26 heavy (non-hydrogen) atoms. The molecule has 0 bridgehead atoms. The first kappa shape index (κ1) is 17.5. The molecule has 3 aromatic rings. The summed E-state index contributed by atoms with van der Waals surface area (Å²) in [6, 6.07) is 14.2. The Labute approximate surface area is 150 Å². The standard InChI is InChI=1S/C19H19N3O4/c1-3-11-25-16-6-4-5-14(12-16)19(23)20-18-17(21-26-22-18)13-7-9-15(24-2)10-8-13/h4-10,12H,3,11H2,1-2H3,(H,20,22,23). The van der Waals surface area contributed by atoms with Crippen LogP contribution in [0.2, 0.25) is 0 Å². The van der Waals surface area contributed by atoms with Crippen molar-refractivity contribution in [3.05, 3.63) is 54.1 Å². The molecule has 134 valence electrons. The second-order valence-corrected chi connectivity index (χ2v) is 5.52. The van der Waals surface area contributed by atoms with Crippen molar-refractivity contribution in [2.75, 3.05) is 19.0 Å². The molecule has 0 atom stereocenters. The average molecular weight is 353 g/mol. The number of amides is 1. The number of carbonyl (C=O) groups is 1. The van der Waals surface area contributed by atoms with Crippen LogP contribution in [0.3, 0.4) is 0 Å². The summed E-state index contributed by atoms with van der Waals surface area (Å²) in [5, 5.41) is 10.4. The Morgan fingerprint density at radius 3 is 2.65 bits per heavy atom. The summed E-state index contributed by atoms with van der Waals surface area (Å²) in [6.45, 7) is 2.62. The maximum absolute atomic E-state index is 12.5. The first-order valence-electron chi connectivity index (χ1n) is 8.22. The quantitative estimate of drug-likeness (QED) is 0.695. The molecule has 0 spiro atoms. The van der Waals surface area contributed by atoms with Crippen LogP contribution in [0.1, 0.15) is 23.7 Å². The molecule has 0 radical (unpaired) electrons. The second-order valence-electron chi connectivity index (χ2n) is 5.52. The highest BCUT2D eigenvalue weighted by atomic mass is 16.6. The number of benzene rings is 2. The van der Waals surface area contributed by atoms with Gasteiger partial charge in [0.1, 0.15) is 11.5 Å². The highest BCUT2D eigenvalue weighted by Crippen LogP contribution is 2.26. The first-order valence-corrected chi connectivity index (χ1v) is 8.22. The number of anilines is 1. The minimum Gasteiger partial charge on any atom is -0.497 e. The van der Waals surface area contributed by atoms with E-state index in [2.05, 4.69) is 15.6 Å².